The zero-order valence-electron chi connectivity index (χ0n) is 16.1. The van der Waals surface area contributed by atoms with Crippen molar-refractivity contribution in [2.24, 2.45) is 13.0 Å². The molecule has 1 aromatic heterocycles. The van der Waals surface area contributed by atoms with Gasteiger partial charge in [-0.25, -0.2) is 4.98 Å². The second-order valence-electron chi connectivity index (χ2n) is 7.88. The second-order valence-corrected chi connectivity index (χ2v) is 7.88. The van der Waals surface area contributed by atoms with Gasteiger partial charge in [-0.2, -0.15) is 0 Å². The molecule has 1 spiro atoms. The number of hydrogen-bond acceptors (Lipinski definition) is 4. The molecule has 144 valence electrons. The number of amides is 1. The smallest absolute Gasteiger partial charge is 0.287 e. The number of benzene rings is 1. The number of hydrogen-bond donors (Lipinski definition) is 1. The Bertz CT molecular complexity index is 810. The van der Waals surface area contributed by atoms with Crippen LogP contribution in [0.15, 0.2) is 36.7 Å². The van der Waals surface area contributed by atoms with Crippen LogP contribution in [0.5, 0.6) is 0 Å². The number of likely N-dealkylation sites (tertiary alicyclic amines) is 1. The molecule has 0 aliphatic carbocycles. The van der Waals surface area contributed by atoms with Crippen LogP contribution in [0.4, 0.5) is 0 Å². The molecule has 2 saturated heterocycles. The van der Waals surface area contributed by atoms with Gasteiger partial charge < -0.3 is 14.6 Å². The van der Waals surface area contributed by atoms with Crippen LogP contribution in [-0.2, 0) is 18.3 Å². The van der Waals surface area contributed by atoms with E-state index in [9.17, 15) is 4.79 Å². The van der Waals surface area contributed by atoms with Gasteiger partial charge in [0.2, 0.25) is 0 Å². The number of ether oxygens (including phenoxy) is 1. The van der Waals surface area contributed by atoms with E-state index in [4.69, 9.17) is 4.74 Å². The molecule has 6 heteroatoms. The van der Waals surface area contributed by atoms with Crippen molar-refractivity contribution in [3.8, 4) is 0 Å². The molecular weight excluding hydrogens is 340 g/mol. The van der Waals surface area contributed by atoms with Crippen molar-refractivity contribution < 1.29 is 9.53 Å². The predicted octanol–water partition coefficient (Wildman–Crippen LogP) is 2.14. The van der Waals surface area contributed by atoms with Crippen LogP contribution in [0.1, 0.15) is 34.6 Å². The van der Waals surface area contributed by atoms with Gasteiger partial charge in [-0.1, -0.05) is 24.3 Å². The molecule has 1 amide bonds. The number of carbonyl (C=O) groups excluding carboxylic acids is 1. The zero-order valence-corrected chi connectivity index (χ0v) is 16.1. The molecule has 4 rings (SSSR count). The van der Waals surface area contributed by atoms with Gasteiger partial charge in [0, 0.05) is 52.2 Å². The van der Waals surface area contributed by atoms with E-state index in [1.165, 1.54) is 11.1 Å². The van der Waals surface area contributed by atoms with Gasteiger partial charge in [-0.3, -0.25) is 9.69 Å². The van der Waals surface area contributed by atoms with E-state index in [2.05, 4.69) is 46.4 Å². The second kappa shape index (κ2) is 7.44. The molecule has 2 fully saturated rings. The summed E-state index contributed by atoms with van der Waals surface area (Å²) < 4.78 is 7.91. The third kappa shape index (κ3) is 3.64. The number of carbonyl (C=O) groups is 1. The molecular formula is C21H28N4O2. The van der Waals surface area contributed by atoms with Crippen molar-refractivity contribution in [2.45, 2.75) is 31.9 Å². The van der Waals surface area contributed by atoms with E-state index in [-0.39, 0.29) is 11.5 Å². The SMILES string of the molecule is Cc1ccccc1CN1CC2(C1)OCCC2CCNC(=O)c1nccn1C. The minimum Gasteiger partial charge on any atom is -0.372 e. The third-order valence-electron chi connectivity index (χ3n) is 6.04. The maximum atomic E-state index is 12.2. The van der Waals surface area contributed by atoms with Crippen LogP contribution in [0, 0.1) is 12.8 Å². The summed E-state index contributed by atoms with van der Waals surface area (Å²) in [6.07, 6.45) is 5.46. The average molecular weight is 368 g/mol. The summed E-state index contributed by atoms with van der Waals surface area (Å²) in [4.78, 5) is 18.8. The first kappa shape index (κ1) is 18.2. The number of aromatic nitrogens is 2. The molecule has 1 N–H and O–H groups in total. The Morgan fingerprint density at radius 1 is 1.37 bits per heavy atom. The summed E-state index contributed by atoms with van der Waals surface area (Å²) in [5.41, 5.74) is 2.72. The molecule has 0 radical (unpaired) electrons. The zero-order chi connectivity index (χ0) is 18.9. The first-order chi connectivity index (χ1) is 13.1. The predicted molar refractivity (Wildman–Crippen MR) is 103 cm³/mol. The molecule has 1 atom stereocenters. The maximum absolute atomic E-state index is 12.2. The Labute approximate surface area is 160 Å². The van der Waals surface area contributed by atoms with Crippen LogP contribution >= 0.6 is 0 Å². The Balaban J connectivity index is 1.27. The standard InChI is InChI=1S/C21H28N4O2/c1-16-5-3-4-6-17(16)13-25-14-21(15-25)18(8-12-27-21)7-9-23-20(26)19-22-10-11-24(19)2/h3-6,10-11,18H,7-9,12-15H2,1-2H3,(H,23,26). The number of nitrogens with zero attached hydrogens (tertiary/aromatic N) is 3. The van der Waals surface area contributed by atoms with Gasteiger partial charge >= 0.3 is 0 Å². The quantitative estimate of drug-likeness (QED) is 0.849. The van der Waals surface area contributed by atoms with Crippen molar-refractivity contribution in [2.75, 3.05) is 26.2 Å². The fraction of sp³-hybridized carbons (Fsp3) is 0.524. The fourth-order valence-corrected chi connectivity index (χ4v) is 4.42. The largest absolute Gasteiger partial charge is 0.372 e. The van der Waals surface area contributed by atoms with Crippen LogP contribution in [-0.4, -0.2) is 52.2 Å². The number of rotatable bonds is 6. The van der Waals surface area contributed by atoms with Crippen molar-refractivity contribution >= 4 is 5.91 Å². The number of aryl methyl sites for hydroxylation is 2. The van der Waals surface area contributed by atoms with E-state index in [1.807, 2.05) is 7.05 Å². The lowest BCUT2D eigenvalue weighted by atomic mass is 9.78. The summed E-state index contributed by atoms with van der Waals surface area (Å²) in [6.45, 7) is 6.62. The van der Waals surface area contributed by atoms with Crippen LogP contribution in [0.25, 0.3) is 0 Å². The Morgan fingerprint density at radius 2 is 2.19 bits per heavy atom. The van der Waals surface area contributed by atoms with Gasteiger partial charge in [-0.05, 0) is 36.8 Å². The summed E-state index contributed by atoms with van der Waals surface area (Å²) in [6, 6.07) is 8.58. The van der Waals surface area contributed by atoms with Crippen molar-refractivity contribution in [1.29, 1.82) is 0 Å². The lowest BCUT2D eigenvalue weighted by Crippen LogP contribution is -2.64. The average Bonchev–Trinajstić information content (AvgIpc) is 3.23. The Morgan fingerprint density at radius 3 is 2.93 bits per heavy atom. The minimum absolute atomic E-state index is 0.0172. The fourth-order valence-electron chi connectivity index (χ4n) is 4.42. The highest BCUT2D eigenvalue weighted by molar-refractivity contribution is 5.90. The van der Waals surface area contributed by atoms with E-state index in [0.717, 1.165) is 39.1 Å². The molecule has 2 aliphatic rings. The molecule has 0 saturated carbocycles. The van der Waals surface area contributed by atoms with Gasteiger partial charge in [0.25, 0.3) is 5.91 Å². The highest BCUT2D eigenvalue weighted by Gasteiger charge is 2.52. The molecule has 1 unspecified atom stereocenters. The topological polar surface area (TPSA) is 59.4 Å². The molecule has 1 aromatic carbocycles. The maximum Gasteiger partial charge on any atom is 0.287 e. The molecule has 6 nitrogen and oxygen atoms in total. The first-order valence-corrected chi connectivity index (χ1v) is 9.74. The minimum atomic E-state index is -0.106. The van der Waals surface area contributed by atoms with Crippen LogP contribution < -0.4 is 5.32 Å². The normalized spacial score (nSPS) is 21.3. The first-order valence-electron chi connectivity index (χ1n) is 9.74. The number of imidazole rings is 1. The van der Waals surface area contributed by atoms with Crippen molar-refractivity contribution in [3.63, 3.8) is 0 Å². The number of nitrogens with one attached hydrogen (secondary N) is 1. The summed E-state index contributed by atoms with van der Waals surface area (Å²) in [5.74, 6) is 0.859. The Kier molecular flexibility index (Phi) is 5.02. The Hall–Kier alpha value is -2.18. The summed E-state index contributed by atoms with van der Waals surface area (Å²) >= 11 is 0. The molecule has 2 aromatic rings. The van der Waals surface area contributed by atoms with E-state index < -0.39 is 0 Å². The highest BCUT2D eigenvalue weighted by atomic mass is 16.5. The van der Waals surface area contributed by atoms with Crippen LogP contribution in [0.3, 0.4) is 0 Å². The lowest BCUT2D eigenvalue weighted by molar-refractivity contribution is -0.136. The molecule has 2 aliphatic heterocycles. The third-order valence-corrected chi connectivity index (χ3v) is 6.04. The van der Waals surface area contributed by atoms with Gasteiger partial charge in [0.1, 0.15) is 0 Å². The molecule has 3 heterocycles. The van der Waals surface area contributed by atoms with Crippen LogP contribution in [0.2, 0.25) is 0 Å². The molecule has 27 heavy (non-hydrogen) atoms. The van der Waals surface area contributed by atoms with E-state index in [1.54, 1.807) is 17.0 Å². The van der Waals surface area contributed by atoms with Gasteiger partial charge in [0.05, 0.1) is 5.60 Å². The summed E-state index contributed by atoms with van der Waals surface area (Å²) in [7, 11) is 1.83. The van der Waals surface area contributed by atoms with Gasteiger partial charge in [-0.15, -0.1) is 0 Å². The van der Waals surface area contributed by atoms with Gasteiger partial charge in [0.15, 0.2) is 5.82 Å². The van der Waals surface area contributed by atoms with Crippen molar-refractivity contribution in [1.82, 2.24) is 19.8 Å². The van der Waals surface area contributed by atoms with E-state index in [0.29, 0.717) is 18.3 Å². The highest BCUT2D eigenvalue weighted by Crippen LogP contribution is 2.42. The molecule has 0 bridgehead atoms. The van der Waals surface area contributed by atoms with Crippen molar-refractivity contribution in [3.05, 3.63) is 53.6 Å². The monoisotopic (exact) mass is 368 g/mol. The lowest BCUT2D eigenvalue weighted by Gasteiger charge is -2.50. The summed E-state index contributed by atoms with van der Waals surface area (Å²) in [5, 5.41) is 3.01. The van der Waals surface area contributed by atoms with E-state index >= 15 is 0 Å².